The minimum Gasteiger partial charge on any atom is -0.320 e. The summed E-state index contributed by atoms with van der Waals surface area (Å²) in [6.45, 7) is 2.05. The zero-order valence-corrected chi connectivity index (χ0v) is 8.97. The van der Waals surface area contributed by atoms with Gasteiger partial charge < -0.3 is 5.73 Å². The van der Waals surface area contributed by atoms with Gasteiger partial charge in [-0.2, -0.15) is 4.80 Å². The Morgan fingerprint density at radius 2 is 2.40 bits per heavy atom. The lowest BCUT2D eigenvalue weighted by Crippen LogP contribution is -2.35. The third-order valence-corrected chi connectivity index (χ3v) is 1.95. The van der Waals surface area contributed by atoms with E-state index < -0.39 is 6.04 Å². The predicted octanol–water partition coefficient (Wildman–Crippen LogP) is -0.334. The molecule has 3 N–H and O–H groups in total. The van der Waals surface area contributed by atoms with Crippen LogP contribution in [0.15, 0.2) is 0 Å². The first kappa shape index (κ1) is 11.6. The van der Waals surface area contributed by atoms with Crippen LogP contribution in [0, 0.1) is 0 Å². The summed E-state index contributed by atoms with van der Waals surface area (Å²) in [6.07, 6.45) is 2.62. The first-order valence-corrected chi connectivity index (χ1v) is 4.94. The summed E-state index contributed by atoms with van der Waals surface area (Å²) in [4.78, 5) is 12.7. The van der Waals surface area contributed by atoms with Crippen LogP contribution in [0.5, 0.6) is 0 Å². The molecule has 1 unspecified atom stereocenters. The number of carbonyl (C=O) groups is 1. The minimum absolute atomic E-state index is 0.189. The van der Waals surface area contributed by atoms with Crippen LogP contribution in [-0.4, -0.2) is 32.2 Å². The average molecular weight is 212 g/mol. The monoisotopic (exact) mass is 212 g/mol. The molecule has 0 bridgehead atoms. The van der Waals surface area contributed by atoms with E-state index in [1.165, 1.54) is 4.80 Å². The molecule has 0 aromatic carbocycles. The van der Waals surface area contributed by atoms with Gasteiger partial charge in [0.25, 0.3) is 5.95 Å². The van der Waals surface area contributed by atoms with E-state index in [2.05, 4.69) is 27.7 Å². The zero-order valence-electron chi connectivity index (χ0n) is 8.97. The highest BCUT2D eigenvalue weighted by atomic mass is 16.2. The van der Waals surface area contributed by atoms with Gasteiger partial charge in [0.2, 0.25) is 5.91 Å². The molecule has 1 atom stereocenters. The van der Waals surface area contributed by atoms with Gasteiger partial charge in [-0.05, 0) is 11.6 Å². The second-order valence-corrected chi connectivity index (χ2v) is 3.34. The summed E-state index contributed by atoms with van der Waals surface area (Å²) >= 11 is 0. The molecule has 84 valence electrons. The van der Waals surface area contributed by atoms with E-state index in [0.717, 1.165) is 12.8 Å². The van der Waals surface area contributed by atoms with Crippen molar-refractivity contribution < 1.29 is 4.79 Å². The molecule has 0 saturated heterocycles. The molecule has 1 aromatic heterocycles. The van der Waals surface area contributed by atoms with Crippen LogP contribution < -0.4 is 11.1 Å². The fourth-order valence-electron chi connectivity index (χ4n) is 1.09. The van der Waals surface area contributed by atoms with Crippen molar-refractivity contribution in [1.82, 2.24) is 20.2 Å². The van der Waals surface area contributed by atoms with E-state index in [1.807, 2.05) is 0 Å². The predicted molar refractivity (Wildman–Crippen MR) is 54.9 cm³/mol. The summed E-state index contributed by atoms with van der Waals surface area (Å²) in [6, 6.07) is -0.506. The Hall–Kier alpha value is -1.50. The number of nitrogens with one attached hydrogen (secondary N) is 1. The van der Waals surface area contributed by atoms with Crippen molar-refractivity contribution in [2.75, 3.05) is 5.32 Å². The van der Waals surface area contributed by atoms with Gasteiger partial charge in [-0.15, -0.1) is 5.10 Å². The highest BCUT2D eigenvalue weighted by Gasteiger charge is 2.14. The number of nitrogens with zero attached hydrogens (tertiary/aromatic N) is 4. The molecule has 15 heavy (non-hydrogen) atoms. The quantitative estimate of drug-likeness (QED) is 0.696. The van der Waals surface area contributed by atoms with E-state index >= 15 is 0 Å². The number of hydrogen-bond acceptors (Lipinski definition) is 5. The maximum Gasteiger partial charge on any atom is 0.270 e. The maximum absolute atomic E-state index is 11.5. The molecule has 1 aromatic rings. The molecular weight excluding hydrogens is 196 g/mol. The normalized spacial score (nSPS) is 12.5. The number of nitrogens with two attached hydrogens (primary N) is 1. The van der Waals surface area contributed by atoms with Gasteiger partial charge in [-0.1, -0.05) is 24.9 Å². The van der Waals surface area contributed by atoms with Crippen molar-refractivity contribution in [3.8, 4) is 0 Å². The molecule has 1 heterocycles. The fraction of sp³-hybridized carbons (Fsp3) is 0.750. The number of aromatic nitrogens is 4. The van der Waals surface area contributed by atoms with E-state index in [-0.39, 0.29) is 11.9 Å². The molecule has 0 aliphatic carbocycles. The van der Waals surface area contributed by atoms with Crippen molar-refractivity contribution in [2.24, 2.45) is 12.8 Å². The van der Waals surface area contributed by atoms with Crippen LogP contribution in [0.3, 0.4) is 0 Å². The lowest BCUT2D eigenvalue weighted by atomic mass is 10.1. The first-order chi connectivity index (χ1) is 7.13. The Morgan fingerprint density at radius 3 is 2.93 bits per heavy atom. The fourth-order valence-corrected chi connectivity index (χ4v) is 1.09. The molecule has 0 spiro atoms. The smallest absolute Gasteiger partial charge is 0.270 e. The van der Waals surface area contributed by atoms with Gasteiger partial charge in [0, 0.05) is 0 Å². The van der Waals surface area contributed by atoms with Crippen molar-refractivity contribution >= 4 is 11.9 Å². The standard InChI is InChI=1S/C8H16N6O/c1-3-4-5-6(9)7(15)10-8-11-13-14(2)12-8/h6H,3-5,9H2,1-2H3,(H,10,12,15). The van der Waals surface area contributed by atoms with Gasteiger partial charge in [0.05, 0.1) is 13.1 Å². The Balaban J connectivity index is 2.41. The summed E-state index contributed by atoms with van der Waals surface area (Å²) < 4.78 is 0. The molecule has 7 nitrogen and oxygen atoms in total. The number of rotatable bonds is 5. The first-order valence-electron chi connectivity index (χ1n) is 4.94. The highest BCUT2D eigenvalue weighted by Crippen LogP contribution is 2.01. The summed E-state index contributed by atoms with van der Waals surface area (Å²) in [5.74, 6) is -0.0779. The van der Waals surface area contributed by atoms with Gasteiger partial charge in [-0.25, -0.2) is 0 Å². The van der Waals surface area contributed by atoms with Crippen LogP contribution in [0.1, 0.15) is 26.2 Å². The van der Waals surface area contributed by atoms with E-state index in [1.54, 1.807) is 7.05 Å². The van der Waals surface area contributed by atoms with Crippen LogP contribution in [0.25, 0.3) is 0 Å². The van der Waals surface area contributed by atoms with Gasteiger partial charge in [0.1, 0.15) is 0 Å². The number of aryl methyl sites for hydroxylation is 1. The number of unbranched alkanes of at least 4 members (excludes halogenated alkanes) is 1. The maximum atomic E-state index is 11.5. The number of anilines is 1. The molecule has 1 amide bonds. The topological polar surface area (TPSA) is 98.7 Å². The van der Waals surface area contributed by atoms with Gasteiger partial charge in [-0.3, -0.25) is 10.1 Å². The van der Waals surface area contributed by atoms with Crippen LogP contribution in [-0.2, 0) is 11.8 Å². The zero-order chi connectivity index (χ0) is 11.3. The highest BCUT2D eigenvalue weighted by molar-refractivity contribution is 5.92. The van der Waals surface area contributed by atoms with E-state index in [4.69, 9.17) is 5.73 Å². The van der Waals surface area contributed by atoms with Crippen molar-refractivity contribution in [2.45, 2.75) is 32.2 Å². The van der Waals surface area contributed by atoms with Crippen molar-refractivity contribution in [3.63, 3.8) is 0 Å². The Bertz CT molecular complexity index is 323. The van der Waals surface area contributed by atoms with Crippen molar-refractivity contribution in [3.05, 3.63) is 0 Å². The van der Waals surface area contributed by atoms with Crippen molar-refractivity contribution in [1.29, 1.82) is 0 Å². The lowest BCUT2D eigenvalue weighted by molar-refractivity contribution is -0.117. The molecule has 0 radical (unpaired) electrons. The Kier molecular flexibility index (Phi) is 4.17. The molecule has 0 fully saturated rings. The lowest BCUT2D eigenvalue weighted by Gasteiger charge is -2.08. The van der Waals surface area contributed by atoms with Crippen LogP contribution in [0.2, 0.25) is 0 Å². The van der Waals surface area contributed by atoms with Gasteiger partial charge >= 0.3 is 0 Å². The van der Waals surface area contributed by atoms with E-state index in [9.17, 15) is 4.79 Å². The molecule has 0 aliphatic rings. The molecule has 0 aliphatic heterocycles. The third-order valence-electron chi connectivity index (χ3n) is 1.95. The Morgan fingerprint density at radius 1 is 1.67 bits per heavy atom. The number of carbonyl (C=O) groups excluding carboxylic acids is 1. The van der Waals surface area contributed by atoms with E-state index in [0.29, 0.717) is 6.42 Å². The second-order valence-electron chi connectivity index (χ2n) is 3.34. The molecule has 0 saturated carbocycles. The van der Waals surface area contributed by atoms with Crippen LogP contribution in [0.4, 0.5) is 5.95 Å². The largest absolute Gasteiger partial charge is 0.320 e. The average Bonchev–Trinajstić information content (AvgIpc) is 2.60. The third kappa shape index (κ3) is 3.62. The summed E-state index contributed by atoms with van der Waals surface area (Å²) in [5, 5.41) is 13.5. The molecule has 7 heteroatoms. The number of tetrazole rings is 1. The Labute approximate surface area is 88.0 Å². The van der Waals surface area contributed by atoms with Crippen LogP contribution >= 0.6 is 0 Å². The SMILES string of the molecule is CCCCC(N)C(=O)Nc1nnn(C)n1. The molecular formula is C8H16N6O. The number of hydrogen-bond donors (Lipinski definition) is 2. The molecule has 1 rings (SSSR count). The summed E-state index contributed by atoms with van der Waals surface area (Å²) in [7, 11) is 1.62. The minimum atomic E-state index is -0.506. The number of amides is 1. The second kappa shape index (κ2) is 5.40. The summed E-state index contributed by atoms with van der Waals surface area (Å²) in [5.41, 5.74) is 5.66. The van der Waals surface area contributed by atoms with Gasteiger partial charge in [0.15, 0.2) is 0 Å².